The molecule has 0 spiro atoms. The molecule has 0 N–H and O–H groups in total. The zero-order chi connectivity index (χ0) is 18.3. The minimum absolute atomic E-state index is 0.0110. The summed E-state index contributed by atoms with van der Waals surface area (Å²) in [5, 5.41) is 8.79. The molecule has 7 heteroatoms. The molecule has 0 radical (unpaired) electrons. The number of carbonyl (C=O) groups is 1. The number of ether oxygens (including phenoxy) is 2. The van der Waals surface area contributed by atoms with E-state index in [-0.39, 0.29) is 12.4 Å². The van der Waals surface area contributed by atoms with Crippen molar-refractivity contribution in [3.8, 4) is 11.8 Å². The summed E-state index contributed by atoms with van der Waals surface area (Å²) in [5.41, 5.74) is 1.65. The van der Waals surface area contributed by atoms with Crippen molar-refractivity contribution in [2.75, 3.05) is 0 Å². The molecular weight excluding hydrogens is 335 g/mol. The van der Waals surface area contributed by atoms with Gasteiger partial charge in [0.2, 0.25) is 0 Å². The number of alkyl halides is 3. The maximum atomic E-state index is 12.1. The third-order valence-electron chi connectivity index (χ3n) is 2.96. The topological polar surface area (TPSA) is 59.3 Å². The fourth-order valence-electron chi connectivity index (χ4n) is 1.88. The summed E-state index contributed by atoms with van der Waals surface area (Å²) in [6.45, 7) is 0.0110. The number of nitrogens with zero attached hydrogens (tertiary/aromatic N) is 1. The third kappa shape index (κ3) is 6.39. The van der Waals surface area contributed by atoms with Crippen LogP contribution in [0.15, 0.2) is 54.6 Å². The molecule has 128 valence electrons. The van der Waals surface area contributed by atoms with Gasteiger partial charge in [0.25, 0.3) is 0 Å². The van der Waals surface area contributed by atoms with Crippen LogP contribution in [-0.4, -0.2) is 12.3 Å². The first-order chi connectivity index (χ1) is 11.9. The van der Waals surface area contributed by atoms with Gasteiger partial charge in [-0.3, -0.25) is 0 Å². The van der Waals surface area contributed by atoms with Gasteiger partial charge in [0, 0.05) is 6.08 Å². The van der Waals surface area contributed by atoms with Gasteiger partial charge in [-0.25, -0.2) is 4.79 Å². The van der Waals surface area contributed by atoms with Crippen molar-refractivity contribution in [2.24, 2.45) is 0 Å². The molecule has 0 saturated carbocycles. The third-order valence-corrected chi connectivity index (χ3v) is 2.96. The van der Waals surface area contributed by atoms with Crippen molar-refractivity contribution in [3.05, 3.63) is 71.3 Å². The minimum atomic E-state index is -4.75. The van der Waals surface area contributed by atoms with E-state index in [1.165, 1.54) is 18.2 Å². The first-order valence-electron chi connectivity index (χ1n) is 7.05. The van der Waals surface area contributed by atoms with Crippen molar-refractivity contribution >= 4 is 12.0 Å². The molecule has 0 unspecified atom stereocenters. The lowest BCUT2D eigenvalue weighted by atomic mass is 10.1. The highest BCUT2D eigenvalue weighted by atomic mass is 19.4. The molecule has 25 heavy (non-hydrogen) atoms. The van der Waals surface area contributed by atoms with Gasteiger partial charge < -0.3 is 9.47 Å². The van der Waals surface area contributed by atoms with Crippen LogP contribution in [0.25, 0.3) is 6.08 Å². The second kappa shape index (κ2) is 8.02. The van der Waals surface area contributed by atoms with Gasteiger partial charge >= 0.3 is 12.3 Å². The summed E-state index contributed by atoms with van der Waals surface area (Å²) in [6, 6.07) is 13.7. The quantitative estimate of drug-likeness (QED) is 0.600. The van der Waals surface area contributed by atoms with Gasteiger partial charge in [-0.15, -0.1) is 13.2 Å². The lowest BCUT2D eigenvalue weighted by Gasteiger charge is -2.08. The number of nitriles is 1. The number of rotatable bonds is 5. The standard InChI is InChI=1S/C18H12F3NO3/c19-18(20,21)25-16-7-4-13(5-8-16)6-9-17(23)24-12-15-3-1-2-14(10-15)11-22/h1-10H,12H2/b9-6+. The van der Waals surface area contributed by atoms with Crippen LogP contribution in [0.3, 0.4) is 0 Å². The maximum Gasteiger partial charge on any atom is 0.573 e. The van der Waals surface area contributed by atoms with Crippen molar-refractivity contribution < 1.29 is 27.4 Å². The summed E-state index contributed by atoms with van der Waals surface area (Å²) in [4.78, 5) is 11.7. The Bertz CT molecular complexity index is 806. The predicted octanol–water partition coefficient (Wildman–Crippen LogP) is 4.21. The molecule has 0 aliphatic carbocycles. The highest BCUT2D eigenvalue weighted by Gasteiger charge is 2.30. The van der Waals surface area contributed by atoms with Gasteiger partial charge in [0.15, 0.2) is 0 Å². The van der Waals surface area contributed by atoms with Crippen LogP contribution in [0.4, 0.5) is 13.2 Å². The number of carbonyl (C=O) groups excluding carboxylic acids is 1. The van der Waals surface area contributed by atoms with Crippen LogP contribution in [0.5, 0.6) is 5.75 Å². The number of hydrogen-bond donors (Lipinski definition) is 0. The van der Waals surface area contributed by atoms with Crippen molar-refractivity contribution in [1.29, 1.82) is 5.26 Å². The Morgan fingerprint density at radius 3 is 2.52 bits per heavy atom. The molecular formula is C18H12F3NO3. The normalized spacial score (nSPS) is 11.1. The highest BCUT2D eigenvalue weighted by molar-refractivity contribution is 5.87. The van der Waals surface area contributed by atoms with E-state index in [4.69, 9.17) is 10.00 Å². The summed E-state index contributed by atoms with van der Waals surface area (Å²) in [7, 11) is 0. The van der Waals surface area contributed by atoms with E-state index in [0.717, 1.165) is 18.2 Å². The number of halogens is 3. The van der Waals surface area contributed by atoms with Gasteiger partial charge in [0.05, 0.1) is 11.6 Å². The van der Waals surface area contributed by atoms with E-state index in [1.807, 2.05) is 6.07 Å². The van der Waals surface area contributed by atoms with Gasteiger partial charge in [-0.05, 0) is 41.5 Å². The summed E-state index contributed by atoms with van der Waals surface area (Å²) in [5.74, 6) is -0.956. The second-order valence-corrected chi connectivity index (χ2v) is 4.87. The Labute approximate surface area is 141 Å². The van der Waals surface area contributed by atoms with Crippen LogP contribution < -0.4 is 4.74 Å². The van der Waals surface area contributed by atoms with Crippen LogP contribution >= 0.6 is 0 Å². The number of esters is 1. The average molecular weight is 347 g/mol. The number of benzene rings is 2. The van der Waals surface area contributed by atoms with Crippen molar-refractivity contribution in [3.63, 3.8) is 0 Å². The predicted molar refractivity (Wildman–Crippen MR) is 83.1 cm³/mol. The smallest absolute Gasteiger partial charge is 0.458 e. The molecule has 2 aromatic carbocycles. The molecule has 0 aliphatic rings. The first-order valence-corrected chi connectivity index (χ1v) is 7.05. The summed E-state index contributed by atoms with van der Waals surface area (Å²) < 4.78 is 44.9. The van der Waals surface area contributed by atoms with Gasteiger partial charge in [0.1, 0.15) is 12.4 Å². The molecule has 0 heterocycles. The SMILES string of the molecule is N#Cc1cccc(COC(=O)/C=C/c2ccc(OC(F)(F)F)cc2)c1. The molecule has 0 atom stereocenters. The first kappa shape index (κ1) is 18.1. The Morgan fingerprint density at radius 1 is 1.16 bits per heavy atom. The molecule has 0 bridgehead atoms. The Balaban J connectivity index is 1.88. The molecule has 0 saturated heterocycles. The zero-order valence-electron chi connectivity index (χ0n) is 12.8. The van der Waals surface area contributed by atoms with E-state index in [0.29, 0.717) is 16.7 Å². The van der Waals surface area contributed by atoms with Gasteiger partial charge in [-0.2, -0.15) is 5.26 Å². The largest absolute Gasteiger partial charge is 0.573 e. The fraction of sp³-hybridized carbons (Fsp3) is 0.111. The van der Waals surface area contributed by atoms with E-state index in [9.17, 15) is 18.0 Å². The summed E-state index contributed by atoms with van der Waals surface area (Å²) in [6.07, 6.45) is -2.18. The summed E-state index contributed by atoms with van der Waals surface area (Å²) >= 11 is 0. The number of hydrogen-bond acceptors (Lipinski definition) is 4. The lowest BCUT2D eigenvalue weighted by molar-refractivity contribution is -0.274. The molecule has 2 rings (SSSR count). The van der Waals surface area contributed by atoms with E-state index in [2.05, 4.69) is 4.74 Å². The minimum Gasteiger partial charge on any atom is -0.458 e. The zero-order valence-corrected chi connectivity index (χ0v) is 12.8. The van der Waals surface area contributed by atoms with Crippen LogP contribution in [0.1, 0.15) is 16.7 Å². The van der Waals surface area contributed by atoms with Gasteiger partial charge in [-0.1, -0.05) is 24.3 Å². The van der Waals surface area contributed by atoms with E-state index < -0.39 is 12.3 Å². The highest BCUT2D eigenvalue weighted by Crippen LogP contribution is 2.23. The maximum absolute atomic E-state index is 12.1. The molecule has 0 fully saturated rings. The van der Waals surface area contributed by atoms with Crippen molar-refractivity contribution in [1.82, 2.24) is 0 Å². The fourth-order valence-corrected chi connectivity index (χ4v) is 1.88. The van der Waals surface area contributed by atoms with E-state index >= 15 is 0 Å². The molecule has 0 aromatic heterocycles. The molecule has 0 amide bonds. The van der Waals surface area contributed by atoms with Crippen LogP contribution in [-0.2, 0) is 16.1 Å². The molecule has 2 aromatic rings. The van der Waals surface area contributed by atoms with Crippen molar-refractivity contribution in [2.45, 2.75) is 13.0 Å². The average Bonchev–Trinajstić information content (AvgIpc) is 2.58. The molecule has 0 aliphatic heterocycles. The van der Waals surface area contributed by atoms with Crippen LogP contribution in [0.2, 0.25) is 0 Å². The second-order valence-electron chi connectivity index (χ2n) is 4.87. The molecule has 4 nitrogen and oxygen atoms in total. The Kier molecular flexibility index (Phi) is 5.79. The Morgan fingerprint density at radius 2 is 1.88 bits per heavy atom. The lowest BCUT2D eigenvalue weighted by Crippen LogP contribution is -2.16. The Hall–Kier alpha value is -3.27. The monoisotopic (exact) mass is 347 g/mol. The van der Waals surface area contributed by atoms with Crippen LogP contribution in [0, 0.1) is 11.3 Å². The van der Waals surface area contributed by atoms with E-state index in [1.54, 1.807) is 24.3 Å².